The van der Waals surface area contributed by atoms with Crippen LogP contribution in [0.1, 0.15) is 19.3 Å². The van der Waals surface area contributed by atoms with E-state index >= 15 is 0 Å². The van der Waals surface area contributed by atoms with Gasteiger partial charge < -0.3 is 11.1 Å². The van der Waals surface area contributed by atoms with Crippen LogP contribution in [0.3, 0.4) is 0 Å². The van der Waals surface area contributed by atoms with Gasteiger partial charge >= 0.3 is 0 Å². The third kappa shape index (κ3) is 5.57. The van der Waals surface area contributed by atoms with Crippen LogP contribution < -0.4 is 16.5 Å². The second kappa shape index (κ2) is 7.97. The van der Waals surface area contributed by atoms with Crippen LogP contribution in [0.15, 0.2) is 0 Å². The Labute approximate surface area is 79.0 Å². The zero-order valence-electron chi connectivity index (χ0n) is 8.30. The predicted octanol–water partition coefficient (Wildman–Crippen LogP) is -0.619. The van der Waals surface area contributed by atoms with Crippen LogP contribution in [-0.4, -0.2) is 32.7 Å². The molecular formula is C8H19N3O2. The Morgan fingerprint density at radius 3 is 2.69 bits per heavy atom. The van der Waals surface area contributed by atoms with E-state index in [0.29, 0.717) is 6.54 Å². The normalized spacial score (nSPS) is 12.5. The number of likely N-dealkylation sites (N-methyl/N-ethyl adjacent to an activating group) is 1. The van der Waals surface area contributed by atoms with Crippen molar-refractivity contribution in [3.8, 4) is 0 Å². The van der Waals surface area contributed by atoms with E-state index in [-0.39, 0.29) is 11.9 Å². The minimum atomic E-state index is -0.188. The molecule has 0 aromatic carbocycles. The molecule has 0 rings (SSSR count). The molecule has 0 fully saturated rings. The van der Waals surface area contributed by atoms with Crippen molar-refractivity contribution in [3.63, 3.8) is 0 Å². The highest BCUT2D eigenvalue weighted by Crippen LogP contribution is 1.99. The van der Waals surface area contributed by atoms with E-state index in [1.165, 1.54) is 7.11 Å². The fourth-order valence-electron chi connectivity index (χ4n) is 1.07. The smallest absolute Gasteiger partial charge is 0.260 e. The highest BCUT2D eigenvalue weighted by Gasteiger charge is 2.14. The van der Waals surface area contributed by atoms with Crippen molar-refractivity contribution in [2.45, 2.75) is 25.3 Å². The van der Waals surface area contributed by atoms with Gasteiger partial charge in [0.15, 0.2) is 0 Å². The molecule has 0 spiro atoms. The Morgan fingerprint density at radius 1 is 1.54 bits per heavy atom. The van der Waals surface area contributed by atoms with E-state index in [0.717, 1.165) is 19.3 Å². The van der Waals surface area contributed by atoms with Crippen LogP contribution in [-0.2, 0) is 9.63 Å². The molecule has 5 heteroatoms. The molecule has 0 aliphatic rings. The monoisotopic (exact) mass is 189 g/mol. The zero-order valence-corrected chi connectivity index (χ0v) is 8.30. The molecule has 0 aromatic rings. The Balaban J connectivity index is 3.67. The van der Waals surface area contributed by atoms with Gasteiger partial charge in [-0.15, -0.1) is 0 Å². The van der Waals surface area contributed by atoms with Gasteiger partial charge in [0.1, 0.15) is 0 Å². The van der Waals surface area contributed by atoms with E-state index < -0.39 is 0 Å². The van der Waals surface area contributed by atoms with Crippen LogP contribution in [0.5, 0.6) is 0 Å². The highest BCUT2D eigenvalue weighted by atomic mass is 16.6. The summed E-state index contributed by atoms with van der Waals surface area (Å²) in [6, 6.07) is -0.188. The highest BCUT2D eigenvalue weighted by molar-refractivity contribution is 5.80. The van der Waals surface area contributed by atoms with E-state index in [1.54, 1.807) is 7.05 Å². The number of hydrogen-bond acceptors (Lipinski definition) is 4. The Morgan fingerprint density at radius 2 is 2.23 bits per heavy atom. The number of nitrogens with one attached hydrogen (secondary N) is 2. The lowest BCUT2D eigenvalue weighted by Crippen LogP contribution is -2.42. The maximum absolute atomic E-state index is 11.2. The molecule has 1 unspecified atom stereocenters. The maximum atomic E-state index is 11.2. The molecule has 78 valence electrons. The van der Waals surface area contributed by atoms with Gasteiger partial charge in [0.05, 0.1) is 13.2 Å². The molecule has 5 nitrogen and oxygen atoms in total. The van der Waals surface area contributed by atoms with E-state index in [1.807, 2.05) is 0 Å². The third-order valence-corrected chi connectivity index (χ3v) is 1.81. The molecule has 0 heterocycles. The average molecular weight is 189 g/mol. The molecule has 13 heavy (non-hydrogen) atoms. The molecular weight excluding hydrogens is 170 g/mol. The maximum Gasteiger partial charge on any atom is 0.260 e. The van der Waals surface area contributed by atoms with Crippen molar-refractivity contribution < 1.29 is 9.63 Å². The first-order valence-electron chi connectivity index (χ1n) is 4.46. The summed E-state index contributed by atoms with van der Waals surface area (Å²) in [6.45, 7) is 0.669. The number of carbonyl (C=O) groups excluding carboxylic acids is 1. The largest absolute Gasteiger partial charge is 0.330 e. The molecule has 0 bridgehead atoms. The molecule has 1 atom stereocenters. The lowest BCUT2D eigenvalue weighted by atomic mass is 10.1. The van der Waals surface area contributed by atoms with Gasteiger partial charge in [-0.25, -0.2) is 5.48 Å². The van der Waals surface area contributed by atoms with Gasteiger partial charge in [-0.05, 0) is 26.4 Å². The standard InChI is InChI=1S/C8H19N3O2/c1-10-7(5-3-4-6-9)8(12)11-13-2/h7,10H,3-6,9H2,1-2H3,(H,11,12). The second-order valence-corrected chi connectivity index (χ2v) is 2.80. The molecule has 0 aliphatic carbocycles. The number of hydroxylamine groups is 1. The lowest BCUT2D eigenvalue weighted by molar-refractivity contribution is -0.133. The fourth-order valence-corrected chi connectivity index (χ4v) is 1.07. The van der Waals surface area contributed by atoms with Gasteiger partial charge in [-0.2, -0.15) is 0 Å². The van der Waals surface area contributed by atoms with Crippen molar-refractivity contribution in [1.29, 1.82) is 0 Å². The summed E-state index contributed by atoms with van der Waals surface area (Å²) in [5, 5.41) is 2.91. The molecule has 4 N–H and O–H groups in total. The van der Waals surface area contributed by atoms with Crippen molar-refractivity contribution in [2.24, 2.45) is 5.73 Å². The van der Waals surface area contributed by atoms with Crippen LogP contribution in [0.4, 0.5) is 0 Å². The number of unbranched alkanes of at least 4 members (excludes halogenated alkanes) is 1. The van der Waals surface area contributed by atoms with Crippen molar-refractivity contribution >= 4 is 5.91 Å². The first-order chi connectivity index (χ1) is 6.26. The first kappa shape index (κ1) is 12.3. The Hall–Kier alpha value is -0.650. The van der Waals surface area contributed by atoms with E-state index in [4.69, 9.17) is 5.73 Å². The minimum Gasteiger partial charge on any atom is -0.330 e. The molecule has 0 saturated carbocycles. The number of amides is 1. The number of nitrogens with two attached hydrogens (primary N) is 1. The third-order valence-electron chi connectivity index (χ3n) is 1.81. The van der Waals surface area contributed by atoms with Crippen molar-refractivity contribution in [3.05, 3.63) is 0 Å². The van der Waals surface area contributed by atoms with Crippen molar-refractivity contribution in [2.75, 3.05) is 20.7 Å². The SMILES string of the molecule is CNC(CCCCN)C(=O)NOC. The molecule has 0 radical (unpaired) electrons. The molecule has 0 aliphatic heterocycles. The van der Waals surface area contributed by atoms with Gasteiger partial charge in [0.2, 0.25) is 0 Å². The number of carbonyl (C=O) groups is 1. The Bertz CT molecular complexity index is 141. The van der Waals surface area contributed by atoms with Gasteiger partial charge in [0.25, 0.3) is 5.91 Å². The molecule has 0 saturated heterocycles. The topological polar surface area (TPSA) is 76.4 Å². The van der Waals surface area contributed by atoms with Crippen LogP contribution in [0.25, 0.3) is 0 Å². The second-order valence-electron chi connectivity index (χ2n) is 2.80. The number of rotatable bonds is 7. The van der Waals surface area contributed by atoms with Gasteiger partial charge in [-0.1, -0.05) is 6.42 Å². The summed E-state index contributed by atoms with van der Waals surface area (Å²) in [5.74, 6) is -0.137. The van der Waals surface area contributed by atoms with Crippen LogP contribution >= 0.6 is 0 Å². The fraction of sp³-hybridized carbons (Fsp3) is 0.875. The summed E-state index contributed by atoms with van der Waals surface area (Å²) in [4.78, 5) is 15.8. The minimum absolute atomic E-state index is 0.137. The average Bonchev–Trinajstić information content (AvgIpc) is 2.13. The van der Waals surface area contributed by atoms with E-state index in [2.05, 4.69) is 15.6 Å². The molecule has 0 aromatic heterocycles. The van der Waals surface area contributed by atoms with Gasteiger partial charge in [0, 0.05) is 0 Å². The summed E-state index contributed by atoms with van der Waals surface area (Å²) >= 11 is 0. The zero-order chi connectivity index (χ0) is 10.1. The Kier molecular flexibility index (Phi) is 7.57. The number of hydrogen-bond donors (Lipinski definition) is 3. The first-order valence-corrected chi connectivity index (χ1v) is 4.46. The van der Waals surface area contributed by atoms with Gasteiger partial charge in [-0.3, -0.25) is 9.63 Å². The van der Waals surface area contributed by atoms with E-state index in [9.17, 15) is 4.79 Å². The summed E-state index contributed by atoms with van der Waals surface area (Å²) in [6.07, 6.45) is 2.67. The lowest BCUT2D eigenvalue weighted by Gasteiger charge is -2.14. The van der Waals surface area contributed by atoms with Crippen LogP contribution in [0, 0.1) is 0 Å². The predicted molar refractivity (Wildman–Crippen MR) is 50.9 cm³/mol. The van der Waals surface area contributed by atoms with Crippen molar-refractivity contribution in [1.82, 2.24) is 10.8 Å². The summed E-state index contributed by atoms with van der Waals surface area (Å²) in [5.41, 5.74) is 7.64. The molecule has 1 amide bonds. The quantitative estimate of drug-likeness (QED) is 0.368. The summed E-state index contributed by atoms with van der Waals surface area (Å²) in [7, 11) is 3.17. The summed E-state index contributed by atoms with van der Waals surface area (Å²) < 4.78 is 0. The van der Waals surface area contributed by atoms with Crippen LogP contribution in [0.2, 0.25) is 0 Å².